The number of amides is 1. The van der Waals surface area contributed by atoms with Gasteiger partial charge in [-0.2, -0.15) is 8.78 Å². The van der Waals surface area contributed by atoms with Crippen LogP contribution in [0.2, 0.25) is 0 Å². The van der Waals surface area contributed by atoms with Gasteiger partial charge >= 0.3 is 6.61 Å². The van der Waals surface area contributed by atoms with E-state index in [9.17, 15) is 13.6 Å². The number of likely N-dealkylation sites (tertiary alicyclic amines) is 1. The first-order valence-electron chi connectivity index (χ1n) is 8.23. The second-order valence-corrected chi connectivity index (χ2v) is 6.05. The number of hydrogen-bond donors (Lipinski definition) is 1. The summed E-state index contributed by atoms with van der Waals surface area (Å²) in [6.07, 6.45) is 0.830. The third-order valence-corrected chi connectivity index (χ3v) is 4.20. The Kier molecular flexibility index (Phi) is 5.60. The van der Waals surface area contributed by atoms with Crippen LogP contribution in [0.15, 0.2) is 54.6 Å². The summed E-state index contributed by atoms with van der Waals surface area (Å²) in [5.74, 6) is -0.489. The van der Waals surface area contributed by atoms with E-state index >= 15 is 0 Å². The predicted molar refractivity (Wildman–Crippen MR) is 90.7 cm³/mol. The molecule has 1 unspecified atom stereocenters. The zero-order valence-electron chi connectivity index (χ0n) is 13.7. The van der Waals surface area contributed by atoms with Crippen LogP contribution in [0.1, 0.15) is 22.3 Å². The minimum absolute atomic E-state index is 0.00387. The molecule has 0 aliphatic carbocycles. The third-order valence-electron chi connectivity index (χ3n) is 4.20. The van der Waals surface area contributed by atoms with Crippen LogP contribution in [0.4, 0.5) is 8.78 Å². The van der Waals surface area contributed by atoms with Crippen molar-refractivity contribution in [2.45, 2.75) is 25.6 Å². The maximum Gasteiger partial charge on any atom is 0.387 e. The Balaban J connectivity index is 1.57. The number of carbonyl (C=O) groups is 1. The zero-order valence-corrected chi connectivity index (χ0v) is 13.7. The van der Waals surface area contributed by atoms with Crippen LogP contribution in [0.3, 0.4) is 0 Å². The quantitative estimate of drug-likeness (QED) is 0.873. The Bertz CT molecular complexity index is 710. The number of nitrogens with one attached hydrogen (secondary N) is 1. The standard InChI is InChI=1S/C19H20F2N2O2/c20-19(21)25-17-9-5-4-8-16(17)18(24)22-15-10-11-23(13-15)12-14-6-2-1-3-7-14/h1-9,15,19H,10-13H2,(H,22,24). The molecule has 2 aromatic rings. The van der Waals surface area contributed by atoms with Crippen molar-refractivity contribution in [2.24, 2.45) is 0 Å². The first-order chi connectivity index (χ1) is 12.1. The highest BCUT2D eigenvalue weighted by Crippen LogP contribution is 2.21. The van der Waals surface area contributed by atoms with E-state index in [1.165, 1.54) is 17.7 Å². The van der Waals surface area contributed by atoms with Gasteiger partial charge in [0.05, 0.1) is 5.56 Å². The van der Waals surface area contributed by atoms with Crippen molar-refractivity contribution in [2.75, 3.05) is 13.1 Å². The number of benzene rings is 2. The molecule has 0 spiro atoms. The molecule has 1 atom stereocenters. The number of ether oxygens (including phenoxy) is 1. The van der Waals surface area contributed by atoms with Crippen molar-refractivity contribution >= 4 is 5.91 Å². The van der Waals surface area contributed by atoms with Gasteiger partial charge in [-0.05, 0) is 24.1 Å². The number of hydrogen-bond acceptors (Lipinski definition) is 3. The minimum atomic E-state index is -2.96. The first-order valence-corrected chi connectivity index (χ1v) is 8.23. The Morgan fingerprint density at radius 1 is 1.16 bits per heavy atom. The summed E-state index contributed by atoms with van der Waals surface area (Å²) in [5, 5.41) is 2.92. The van der Waals surface area contributed by atoms with Crippen molar-refractivity contribution in [3.8, 4) is 5.75 Å². The molecule has 0 aromatic heterocycles. The largest absolute Gasteiger partial charge is 0.434 e. The lowest BCUT2D eigenvalue weighted by molar-refractivity contribution is -0.0501. The predicted octanol–water partition coefficient (Wildman–Crippen LogP) is 3.29. The van der Waals surface area contributed by atoms with Gasteiger partial charge in [-0.1, -0.05) is 42.5 Å². The summed E-state index contributed by atoms with van der Waals surface area (Å²) in [7, 11) is 0. The number of nitrogens with zero attached hydrogens (tertiary/aromatic N) is 1. The summed E-state index contributed by atoms with van der Waals surface area (Å²) in [5.41, 5.74) is 1.36. The van der Waals surface area contributed by atoms with Crippen molar-refractivity contribution in [3.05, 3.63) is 65.7 Å². The average molecular weight is 346 g/mol. The monoisotopic (exact) mass is 346 g/mol. The summed E-state index contributed by atoms with van der Waals surface area (Å²) >= 11 is 0. The van der Waals surface area contributed by atoms with Crippen molar-refractivity contribution in [3.63, 3.8) is 0 Å². The molecule has 1 N–H and O–H groups in total. The molecule has 1 fully saturated rings. The number of halogens is 2. The fourth-order valence-corrected chi connectivity index (χ4v) is 3.05. The molecular formula is C19H20F2N2O2. The summed E-state index contributed by atoms with van der Waals surface area (Å²) < 4.78 is 29.4. The van der Waals surface area contributed by atoms with Crippen LogP contribution < -0.4 is 10.1 Å². The van der Waals surface area contributed by atoms with E-state index in [0.717, 1.165) is 26.1 Å². The van der Waals surface area contributed by atoms with E-state index < -0.39 is 6.61 Å². The topological polar surface area (TPSA) is 41.6 Å². The van der Waals surface area contributed by atoms with Crippen molar-refractivity contribution < 1.29 is 18.3 Å². The first kappa shape index (κ1) is 17.4. The molecule has 0 saturated carbocycles. The number of rotatable bonds is 6. The second kappa shape index (κ2) is 8.07. The maximum absolute atomic E-state index is 12.5. The zero-order chi connectivity index (χ0) is 17.6. The molecular weight excluding hydrogens is 326 g/mol. The molecule has 1 heterocycles. The van der Waals surface area contributed by atoms with Crippen LogP contribution in [0, 0.1) is 0 Å². The lowest BCUT2D eigenvalue weighted by Gasteiger charge is -2.17. The molecule has 132 valence electrons. The van der Waals surface area contributed by atoms with Crippen LogP contribution in [-0.2, 0) is 6.54 Å². The minimum Gasteiger partial charge on any atom is -0.434 e. The van der Waals surface area contributed by atoms with E-state index in [4.69, 9.17) is 0 Å². The van der Waals surface area contributed by atoms with Gasteiger partial charge in [0.2, 0.25) is 0 Å². The molecule has 1 aliphatic rings. The van der Waals surface area contributed by atoms with Gasteiger partial charge < -0.3 is 10.1 Å². The van der Waals surface area contributed by atoms with Crippen LogP contribution >= 0.6 is 0 Å². The highest BCUT2D eigenvalue weighted by molar-refractivity contribution is 5.97. The molecule has 2 aromatic carbocycles. The van der Waals surface area contributed by atoms with Crippen LogP contribution in [-0.4, -0.2) is 36.5 Å². The van der Waals surface area contributed by atoms with Gasteiger partial charge in [-0.25, -0.2) is 0 Å². The van der Waals surface area contributed by atoms with Crippen molar-refractivity contribution in [1.29, 1.82) is 0 Å². The van der Waals surface area contributed by atoms with Gasteiger partial charge in [0.25, 0.3) is 5.91 Å². The van der Waals surface area contributed by atoms with E-state index in [-0.39, 0.29) is 23.3 Å². The fourth-order valence-electron chi connectivity index (χ4n) is 3.05. The molecule has 0 radical (unpaired) electrons. The van der Waals surface area contributed by atoms with Crippen LogP contribution in [0.5, 0.6) is 5.75 Å². The Morgan fingerprint density at radius 2 is 1.88 bits per heavy atom. The van der Waals surface area contributed by atoms with E-state index in [1.54, 1.807) is 12.1 Å². The van der Waals surface area contributed by atoms with Gasteiger partial charge in [-0.15, -0.1) is 0 Å². The SMILES string of the molecule is O=C(NC1CCN(Cc2ccccc2)C1)c1ccccc1OC(F)F. The van der Waals surface area contributed by atoms with Gasteiger partial charge in [0, 0.05) is 25.7 Å². The third kappa shape index (κ3) is 4.76. The van der Waals surface area contributed by atoms with Gasteiger partial charge in [0.1, 0.15) is 5.75 Å². The molecule has 3 rings (SSSR count). The molecule has 1 amide bonds. The normalized spacial score (nSPS) is 17.6. The smallest absolute Gasteiger partial charge is 0.387 e. The Hall–Kier alpha value is -2.47. The van der Waals surface area contributed by atoms with Crippen LogP contribution in [0.25, 0.3) is 0 Å². The van der Waals surface area contributed by atoms with Gasteiger partial charge in [-0.3, -0.25) is 9.69 Å². The van der Waals surface area contributed by atoms with Crippen molar-refractivity contribution in [1.82, 2.24) is 10.2 Å². The van der Waals surface area contributed by atoms with E-state index in [2.05, 4.69) is 27.1 Å². The lowest BCUT2D eigenvalue weighted by atomic mass is 10.1. The highest BCUT2D eigenvalue weighted by Gasteiger charge is 2.25. The number of para-hydroxylation sites is 1. The molecule has 1 saturated heterocycles. The number of alkyl halides is 2. The Labute approximate surface area is 145 Å². The second-order valence-electron chi connectivity index (χ2n) is 6.05. The summed E-state index contributed by atoms with van der Waals surface area (Å²) in [6.45, 7) is -0.506. The number of carbonyl (C=O) groups excluding carboxylic acids is 1. The van der Waals surface area contributed by atoms with Gasteiger partial charge in [0.15, 0.2) is 0 Å². The summed E-state index contributed by atoms with van der Waals surface area (Å²) in [6, 6.07) is 16.2. The lowest BCUT2D eigenvalue weighted by Crippen LogP contribution is -2.37. The maximum atomic E-state index is 12.5. The van der Waals surface area contributed by atoms with E-state index in [1.807, 2.05) is 18.2 Å². The highest BCUT2D eigenvalue weighted by atomic mass is 19.3. The molecule has 6 heteroatoms. The molecule has 25 heavy (non-hydrogen) atoms. The fraction of sp³-hybridized carbons (Fsp3) is 0.316. The summed E-state index contributed by atoms with van der Waals surface area (Å²) in [4.78, 5) is 14.7. The molecule has 1 aliphatic heterocycles. The molecule has 4 nitrogen and oxygen atoms in total. The average Bonchev–Trinajstić information content (AvgIpc) is 3.02. The molecule has 0 bridgehead atoms. The Morgan fingerprint density at radius 3 is 2.64 bits per heavy atom. The van der Waals surface area contributed by atoms with E-state index in [0.29, 0.717) is 0 Å².